The van der Waals surface area contributed by atoms with E-state index in [1.807, 2.05) is 144 Å². The van der Waals surface area contributed by atoms with E-state index in [1.165, 1.54) is 6.07 Å². The molecule has 0 amide bonds. The third-order valence-corrected chi connectivity index (χ3v) is 10.3. The maximum Gasteiger partial charge on any atom is 0.300 e. The van der Waals surface area contributed by atoms with E-state index in [-0.39, 0.29) is 5.78 Å². The molecule has 0 spiro atoms. The lowest BCUT2D eigenvalue weighted by Crippen LogP contribution is -1.68. The fourth-order valence-corrected chi connectivity index (χ4v) is 6.68. The van der Waals surface area contributed by atoms with Crippen LogP contribution in [0.4, 0.5) is 4.39 Å². The molecular weight excluding hydrogens is 1050 g/mol. The Morgan fingerprint density at radius 3 is 1.42 bits per heavy atom. The lowest BCUT2D eigenvalue weighted by atomic mass is 10.2. The smallest absolute Gasteiger partial charge is 0.300 e. The van der Waals surface area contributed by atoms with Crippen LogP contribution in [0.15, 0.2) is 121 Å². The normalized spacial score (nSPS) is 9.71. The molecule has 0 atom stereocenters. The molecule has 0 aliphatic heterocycles. The van der Waals surface area contributed by atoms with Crippen molar-refractivity contribution in [2.75, 3.05) is 0 Å². The molecular formula is C55H68Cl5FO12. The minimum atomic E-state index is -0.596. The van der Waals surface area contributed by atoms with Gasteiger partial charge in [0, 0.05) is 41.0 Å². The predicted molar refractivity (Wildman–Crippen MR) is 297 cm³/mol. The Labute approximate surface area is 450 Å². The van der Waals surface area contributed by atoms with Crippen LogP contribution in [0.25, 0.3) is 67.0 Å². The zero-order chi connectivity index (χ0) is 55.7. The quantitative estimate of drug-likeness (QED) is 0.142. The van der Waals surface area contributed by atoms with E-state index in [9.17, 15) is 4.39 Å². The summed E-state index contributed by atoms with van der Waals surface area (Å²) >= 11 is 28.0. The fourth-order valence-electron chi connectivity index (χ4n) is 5.79. The lowest BCUT2D eigenvalue weighted by Gasteiger charge is -1.83. The number of aryl methyl sites for hydroxylation is 7. The second-order valence-corrected chi connectivity index (χ2v) is 15.1. The van der Waals surface area contributed by atoms with Gasteiger partial charge in [0.25, 0.3) is 40.7 Å². The Morgan fingerprint density at radius 2 is 0.863 bits per heavy atom. The molecule has 0 unspecified atom stereocenters. The van der Waals surface area contributed by atoms with Crippen LogP contribution < -0.4 is 0 Å². The molecule has 0 radical (unpaired) electrons. The van der Waals surface area contributed by atoms with Gasteiger partial charge in [-0.2, -0.15) is 4.39 Å². The first kappa shape index (κ1) is 65.3. The molecule has 0 N–H and O–H groups in total. The number of fused-ring (bicyclic) bond motifs is 6. The first-order chi connectivity index (χ1) is 35.1. The molecule has 0 saturated heterocycles. The molecule has 0 aliphatic carbocycles. The van der Waals surface area contributed by atoms with Crippen molar-refractivity contribution in [3.8, 4) is 0 Å². The van der Waals surface area contributed by atoms with Gasteiger partial charge in [-0.05, 0) is 136 Å². The Morgan fingerprint density at radius 1 is 0.370 bits per heavy atom. The van der Waals surface area contributed by atoms with Crippen LogP contribution in [-0.2, 0) is 0 Å². The van der Waals surface area contributed by atoms with Gasteiger partial charge in [-0.3, -0.25) is 0 Å². The summed E-state index contributed by atoms with van der Waals surface area (Å²) in [4.78, 5) is 0. The summed E-state index contributed by atoms with van der Waals surface area (Å²) in [6.07, 6.45) is 6.45. The highest BCUT2D eigenvalue weighted by atomic mass is 35.5. The number of hydrogen-bond acceptors (Lipinski definition) is 12. The molecule has 0 saturated carbocycles. The minimum Gasteiger partial charge on any atom is -0.433 e. The molecule has 12 aromatic rings. The van der Waals surface area contributed by atoms with Crippen molar-refractivity contribution in [1.29, 1.82) is 0 Å². The van der Waals surface area contributed by atoms with Crippen LogP contribution >= 0.6 is 58.0 Å². The Bertz CT molecular complexity index is 3250. The van der Waals surface area contributed by atoms with E-state index in [1.54, 1.807) is 49.3 Å². The summed E-state index contributed by atoms with van der Waals surface area (Å²) in [6, 6.07) is 11.4. The van der Waals surface area contributed by atoms with Gasteiger partial charge in [0.05, 0.1) is 57.4 Å². The van der Waals surface area contributed by atoms with Crippen molar-refractivity contribution in [3.05, 3.63) is 139 Å². The van der Waals surface area contributed by atoms with Crippen molar-refractivity contribution in [1.82, 2.24) is 0 Å². The zero-order valence-electron chi connectivity index (χ0n) is 45.0. The molecule has 0 bridgehead atoms. The summed E-state index contributed by atoms with van der Waals surface area (Å²) in [5.74, 6) is 4.40. The Balaban J connectivity index is 0.000000420. The molecule has 12 heterocycles. The number of halogens is 6. The second kappa shape index (κ2) is 33.2. The number of rotatable bonds is 0. The summed E-state index contributed by atoms with van der Waals surface area (Å²) in [6.45, 7) is 37.3. The molecule has 73 heavy (non-hydrogen) atoms. The fraction of sp³-hybridized carbons (Fsp3) is 0.345. The predicted octanol–water partition coefficient (Wildman–Crippen LogP) is 23.9. The van der Waals surface area contributed by atoms with Crippen molar-refractivity contribution >= 4 is 125 Å². The Hall–Kier alpha value is -5.70. The second-order valence-electron chi connectivity index (χ2n) is 13.3. The summed E-state index contributed by atoms with van der Waals surface area (Å²) in [5, 5.41) is 7.37. The topological polar surface area (TPSA) is 158 Å². The van der Waals surface area contributed by atoms with E-state index in [0.717, 1.165) is 71.7 Å². The van der Waals surface area contributed by atoms with Crippen LogP contribution in [-0.4, -0.2) is 0 Å². The first-order valence-electron chi connectivity index (χ1n) is 23.9. The van der Waals surface area contributed by atoms with Crippen molar-refractivity contribution in [3.63, 3.8) is 0 Å². The SMILES string of the molecule is CC.CC.CC.CC.CC.CC.Cc1c(Cl)oc2occc12.Cc1cc2cc(Cl)oc2o1.Cc1coc2oc(Cl)c(C)c12.Cc1coc2oc(Cl)cc12.Cc1oc2oc(F)cc2c1C.Clc1cc2ccoc2o1. The summed E-state index contributed by atoms with van der Waals surface area (Å²) < 4.78 is 72.3. The third kappa shape index (κ3) is 17.7. The van der Waals surface area contributed by atoms with Crippen LogP contribution in [0.2, 0.25) is 26.1 Å². The molecule has 0 aliphatic rings. The van der Waals surface area contributed by atoms with Crippen molar-refractivity contribution in [2.24, 2.45) is 0 Å². The van der Waals surface area contributed by atoms with E-state index in [2.05, 4.69) is 4.42 Å². The van der Waals surface area contributed by atoms with Crippen LogP contribution in [0, 0.1) is 54.5 Å². The molecule has 18 heteroatoms. The van der Waals surface area contributed by atoms with E-state index in [0.29, 0.717) is 55.0 Å². The lowest BCUT2D eigenvalue weighted by molar-refractivity contribution is 0.342. The van der Waals surface area contributed by atoms with E-state index >= 15 is 0 Å². The van der Waals surface area contributed by atoms with Crippen molar-refractivity contribution in [2.45, 2.75) is 132 Å². The average molecular weight is 1120 g/mol. The zero-order valence-corrected chi connectivity index (χ0v) is 48.8. The number of hydrogen-bond donors (Lipinski definition) is 0. The molecule has 12 nitrogen and oxygen atoms in total. The van der Waals surface area contributed by atoms with Crippen LogP contribution in [0.1, 0.15) is 122 Å². The maximum absolute atomic E-state index is 12.4. The summed E-state index contributed by atoms with van der Waals surface area (Å²) in [7, 11) is 0. The van der Waals surface area contributed by atoms with Gasteiger partial charge in [0.1, 0.15) is 11.5 Å². The standard InChI is InChI=1S/C8H7ClO2.C8H7FO2.3C7H5ClO2.C6H3ClO2.6C2H6/c1-4-3-10-8-6(4)5(2)7(9)11-8;1-4-5(2)10-8-6(4)3-7(9)11-8;1-4-3-9-7-5(4)2-6(8)10-7;1-4-2-5-3-6(8)10-7(5)9-4;1-4-5-2-3-9-7(5)10-6(4)8;7-5-3-4-1-2-8-6(4)9-5;6*1-2/h2*3H,1-2H3;3*2-3H,1H3;1-3H;6*1-2H3. The van der Waals surface area contributed by atoms with Gasteiger partial charge in [0.15, 0.2) is 15.7 Å². The molecule has 12 aromatic heterocycles. The van der Waals surface area contributed by atoms with Crippen LogP contribution in [0.3, 0.4) is 0 Å². The number of furan rings is 12. The first-order valence-corrected chi connectivity index (χ1v) is 25.8. The highest BCUT2D eigenvalue weighted by Crippen LogP contribution is 2.33. The van der Waals surface area contributed by atoms with Gasteiger partial charge >= 0.3 is 0 Å². The molecule has 12 rings (SSSR count). The van der Waals surface area contributed by atoms with Gasteiger partial charge in [-0.25, -0.2) is 0 Å². The third-order valence-electron chi connectivity index (χ3n) is 9.01. The molecule has 402 valence electrons. The van der Waals surface area contributed by atoms with E-state index in [4.69, 9.17) is 107 Å². The highest BCUT2D eigenvalue weighted by Gasteiger charge is 2.14. The van der Waals surface area contributed by atoms with Gasteiger partial charge in [0.2, 0.25) is 10.4 Å². The Kier molecular flexibility index (Phi) is 29.7. The molecule has 0 aromatic carbocycles. The maximum atomic E-state index is 12.4. The minimum absolute atomic E-state index is 0.275. The molecule has 0 fully saturated rings. The average Bonchev–Trinajstić information content (AvgIpc) is 4.26. The summed E-state index contributed by atoms with van der Waals surface area (Å²) in [5.41, 5.74) is 4.93. The highest BCUT2D eigenvalue weighted by molar-refractivity contribution is 6.31. The van der Waals surface area contributed by atoms with Crippen LogP contribution in [0.5, 0.6) is 0 Å². The monoisotopic (exact) mass is 1110 g/mol. The largest absolute Gasteiger partial charge is 0.433 e. The van der Waals surface area contributed by atoms with Gasteiger partial charge < -0.3 is 53.0 Å². The van der Waals surface area contributed by atoms with E-state index < -0.39 is 6.01 Å². The van der Waals surface area contributed by atoms with Gasteiger partial charge in [-0.1, -0.05) is 83.1 Å². The van der Waals surface area contributed by atoms with Gasteiger partial charge in [-0.15, -0.1) is 0 Å². The van der Waals surface area contributed by atoms with Crippen molar-refractivity contribution < 1.29 is 57.4 Å².